The molecule has 0 saturated carbocycles. The van der Waals surface area contributed by atoms with Gasteiger partial charge in [-0.3, -0.25) is 0 Å². The number of carbonyl (C=O) groups excluding carboxylic acids is 1. The van der Waals surface area contributed by atoms with Crippen LogP contribution in [0.2, 0.25) is 0 Å². The van der Waals surface area contributed by atoms with Crippen LogP contribution < -0.4 is 0 Å². The lowest BCUT2D eigenvalue weighted by molar-refractivity contribution is -0.219. The number of fused-ring (bicyclic) bond motifs is 2. The summed E-state index contributed by atoms with van der Waals surface area (Å²) in [4.78, 5) is 11.7. The highest BCUT2D eigenvalue weighted by Gasteiger charge is 2.51. The van der Waals surface area contributed by atoms with Crippen molar-refractivity contribution < 1.29 is 24.1 Å². The van der Waals surface area contributed by atoms with Crippen molar-refractivity contribution >= 4 is 5.97 Å². The fourth-order valence-electron chi connectivity index (χ4n) is 3.52. The summed E-state index contributed by atoms with van der Waals surface area (Å²) in [5.74, 6) is -0.355. The number of hydrogen-bond donors (Lipinski definition) is 1. The highest BCUT2D eigenvalue weighted by molar-refractivity contribution is 5.90. The summed E-state index contributed by atoms with van der Waals surface area (Å²) in [5.41, 5.74) is 1.52. The maximum absolute atomic E-state index is 11.7. The lowest BCUT2D eigenvalue weighted by Gasteiger charge is -2.34. The van der Waals surface area contributed by atoms with Gasteiger partial charge in [0.2, 0.25) is 0 Å². The zero-order valence-corrected chi connectivity index (χ0v) is 14.7. The molecule has 1 aromatic carbocycles. The van der Waals surface area contributed by atoms with Crippen molar-refractivity contribution in [1.29, 1.82) is 0 Å². The van der Waals surface area contributed by atoms with Gasteiger partial charge in [-0.1, -0.05) is 17.3 Å². The third kappa shape index (κ3) is 2.90. The van der Waals surface area contributed by atoms with Crippen LogP contribution in [0, 0.1) is 6.92 Å². The van der Waals surface area contributed by atoms with Crippen LogP contribution in [0.5, 0.6) is 0 Å². The minimum atomic E-state index is -1.27. The van der Waals surface area contributed by atoms with Crippen molar-refractivity contribution in [3.05, 3.63) is 46.8 Å². The number of ether oxygens (including phenoxy) is 3. The molecule has 4 rings (SSSR count). The Morgan fingerprint density at radius 3 is 3.12 bits per heavy atom. The second kappa shape index (κ2) is 6.46. The molecule has 0 spiro atoms. The average Bonchev–Trinajstić information content (AvgIpc) is 3.27. The van der Waals surface area contributed by atoms with Gasteiger partial charge in [-0.05, 0) is 37.0 Å². The van der Waals surface area contributed by atoms with Gasteiger partial charge in [-0.2, -0.15) is 0 Å². The minimum Gasteiger partial charge on any atom is -0.465 e. The predicted octanol–water partition coefficient (Wildman–Crippen LogP) is 1.14. The van der Waals surface area contributed by atoms with Gasteiger partial charge in [0.25, 0.3) is 0 Å². The summed E-state index contributed by atoms with van der Waals surface area (Å²) >= 11 is 0. The van der Waals surface area contributed by atoms with E-state index in [1.54, 1.807) is 16.9 Å². The van der Waals surface area contributed by atoms with Gasteiger partial charge in [-0.25, -0.2) is 9.48 Å². The molecule has 138 valence electrons. The topological polar surface area (TPSA) is 95.7 Å². The number of esters is 1. The Morgan fingerprint density at radius 1 is 1.50 bits per heavy atom. The number of methoxy groups -OCH3 is 1. The number of carbonyl (C=O) groups is 1. The first-order chi connectivity index (χ1) is 12.5. The molecule has 0 radical (unpaired) electrons. The van der Waals surface area contributed by atoms with E-state index >= 15 is 0 Å². The van der Waals surface area contributed by atoms with E-state index in [0.717, 1.165) is 17.5 Å². The number of benzene rings is 1. The average molecular weight is 359 g/mol. The number of aryl methyl sites for hydroxylation is 1. The molecule has 2 aliphatic heterocycles. The van der Waals surface area contributed by atoms with Gasteiger partial charge in [0.05, 0.1) is 38.1 Å². The summed E-state index contributed by atoms with van der Waals surface area (Å²) in [6.45, 7) is 2.84. The number of hydrogen-bond acceptors (Lipinski definition) is 7. The Kier molecular flexibility index (Phi) is 4.26. The molecule has 2 bridgehead atoms. The van der Waals surface area contributed by atoms with Crippen molar-refractivity contribution in [2.75, 3.05) is 13.7 Å². The first-order valence-corrected chi connectivity index (χ1v) is 8.57. The molecule has 2 aromatic rings. The lowest BCUT2D eigenvalue weighted by atomic mass is 9.90. The summed E-state index contributed by atoms with van der Waals surface area (Å²) < 4.78 is 17.6. The highest BCUT2D eigenvalue weighted by Crippen LogP contribution is 2.40. The van der Waals surface area contributed by atoms with Crippen LogP contribution in [0.25, 0.3) is 0 Å². The van der Waals surface area contributed by atoms with Crippen molar-refractivity contribution in [2.24, 2.45) is 0 Å². The van der Waals surface area contributed by atoms with E-state index in [0.29, 0.717) is 30.8 Å². The second-order valence-electron chi connectivity index (χ2n) is 6.83. The third-order valence-corrected chi connectivity index (χ3v) is 5.01. The van der Waals surface area contributed by atoms with Crippen molar-refractivity contribution in [3.63, 3.8) is 0 Å². The number of aromatic nitrogens is 3. The summed E-state index contributed by atoms with van der Waals surface area (Å²) in [5, 5.41) is 19.2. The number of aliphatic hydroxyl groups is 1. The zero-order valence-electron chi connectivity index (χ0n) is 14.7. The smallest absolute Gasteiger partial charge is 0.338 e. The highest BCUT2D eigenvalue weighted by atomic mass is 16.7. The Labute approximate surface area is 150 Å². The molecule has 1 unspecified atom stereocenters. The van der Waals surface area contributed by atoms with E-state index < -0.39 is 11.9 Å². The van der Waals surface area contributed by atoms with Crippen LogP contribution in [0.15, 0.2) is 24.4 Å². The van der Waals surface area contributed by atoms with Crippen LogP contribution in [-0.2, 0) is 26.4 Å². The van der Waals surface area contributed by atoms with Gasteiger partial charge in [0.15, 0.2) is 11.9 Å². The SMILES string of the molecule is COC(=O)c1ccc(Cn2cc(C3(O)CC[C@H]4CO[C@@H]3O4)nn2)cc1C. The molecule has 0 aliphatic carbocycles. The summed E-state index contributed by atoms with van der Waals surface area (Å²) in [6.07, 6.45) is 2.36. The first kappa shape index (κ1) is 17.1. The van der Waals surface area contributed by atoms with Crippen molar-refractivity contribution in [2.45, 2.75) is 44.3 Å². The predicted molar refractivity (Wildman–Crippen MR) is 89.4 cm³/mol. The molecule has 0 amide bonds. The molecule has 2 saturated heterocycles. The van der Waals surface area contributed by atoms with Crippen LogP contribution in [-0.4, -0.2) is 52.2 Å². The molecule has 2 fully saturated rings. The molecule has 2 aliphatic rings. The van der Waals surface area contributed by atoms with E-state index in [9.17, 15) is 9.90 Å². The standard InChI is InChI=1S/C18H21N3O5/c1-11-7-12(3-4-14(11)16(22)24-2)8-21-9-15(19-20-21)18(23)6-5-13-10-25-17(18)26-13/h3-4,7,9,13,17,23H,5-6,8,10H2,1-2H3/t13-,17+,18?/m0/s1. The van der Waals surface area contributed by atoms with Gasteiger partial charge < -0.3 is 19.3 Å². The molecular weight excluding hydrogens is 338 g/mol. The molecule has 26 heavy (non-hydrogen) atoms. The van der Waals surface area contributed by atoms with Crippen LogP contribution in [0.1, 0.15) is 40.0 Å². The van der Waals surface area contributed by atoms with Crippen LogP contribution in [0.4, 0.5) is 0 Å². The van der Waals surface area contributed by atoms with Crippen LogP contribution >= 0.6 is 0 Å². The maximum Gasteiger partial charge on any atom is 0.338 e. The van der Waals surface area contributed by atoms with E-state index in [4.69, 9.17) is 14.2 Å². The molecule has 1 N–H and O–H groups in total. The third-order valence-electron chi connectivity index (χ3n) is 5.01. The van der Waals surface area contributed by atoms with E-state index in [1.165, 1.54) is 7.11 Å². The Hall–Kier alpha value is -2.29. The number of nitrogens with zero attached hydrogens (tertiary/aromatic N) is 3. The molecule has 3 heterocycles. The minimum absolute atomic E-state index is 0.0617. The van der Waals surface area contributed by atoms with Crippen LogP contribution in [0.3, 0.4) is 0 Å². The molecule has 3 atom stereocenters. The summed E-state index contributed by atoms with van der Waals surface area (Å²) in [7, 11) is 1.36. The Morgan fingerprint density at radius 2 is 2.35 bits per heavy atom. The van der Waals surface area contributed by atoms with E-state index in [1.807, 2.05) is 19.1 Å². The quantitative estimate of drug-likeness (QED) is 0.818. The summed E-state index contributed by atoms with van der Waals surface area (Å²) in [6, 6.07) is 5.50. The monoisotopic (exact) mass is 359 g/mol. The largest absolute Gasteiger partial charge is 0.465 e. The maximum atomic E-state index is 11.7. The molecular formula is C18H21N3O5. The van der Waals surface area contributed by atoms with E-state index in [2.05, 4.69) is 10.3 Å². The van der Waals surface area contributed by atoms with Gasteiger partial charge >= 0.3 is 5.97 Å². The first-order valence-electron chi connectivity index (χ1n) is 8.57. The fourth-order valence-corrected chi connectivity index (χ4v) is 3.52. The van der Waals surface area contributed by atoms with Gasteiger partial charge in [0, 0.05) is 0 Å². The van der Waals surface area contributed by atoms with Gasteiger partial charge in [-0.15, -0.1) is 5.10 Å². The van der Waals surface area contributed by atoms with Crippen molar-refractivity contribution in [3.8, 4) is 0 Å². The Bertz CT molecular complexity index is 836. The molecule has 8 nitrogen and oxygen atoms in total. The molecule has 8 heteroatoms. The normalized spacial score (nSPS) is 27.5. The van der Waals surface area contributed by atoms with E-state index in [-0.39, 0.29) is 12.1 Å². The fraction of sp³-hybridized carbons (Fsp3) is 0.500. The second-order valence-corrected chi connectivity index (χ2v) is 6.83. The molecule has 1 aromatic heterocycles. The van der Waals surface area contributed by atoms with Crippen molar-refractivity contribution in [1.82, 2.24) is 15.0 Å². The van der Waals surface area contributed by atoms with Gasteiger partial charge in [0.1, 0.15) is 5.69 Å². The number of rotatable bonds is 4. The zero-order chi connectivity index (χ0) is 18.3. The Balaban J connectivity index is 1.52. The lowest BCUT2D eigenvalue weighted by Crippen LogP contribution is -2.44.